The summed E-state index contributed by atoms with van der Waals surface area (Å²) in [4.78, 5) is 25.5. The molecule has 2 fully saturated rings. The molecule has 1 heterocycles. The summed E-state index contributed by atoms with van der Waals surface area (Å²) >= 11 is 0.856. The number of anilines is 1. The number of rotatable bonds is 5. The van der Waals surface area contributed by atoms with Crippen LogP contribution >= 0.6 is 12.1 Å². The highest BCUT2D eigenvalue weighted by atomic mass is 32.2. The first-order valence-corrected chi connectivity index (χ1v) is 8.73. The van der Waals surface area contributed by atoms with Crippen LogP contribution < -0.4 is 9.62 Å². The molecule has 0 radical (unpaired) electrons. The Morgan fingerprint density at radius 3 is 2.38 bits per heavy atom. The predicted octanol–water partition coefficient (Wildman–Crippen LogP) is 2.71. The zero-order chi connectivity index (χ0) is 19.2. The number of carboxylic acids is 1. The molecule has 2 atom stereocenters. The van der Waals surface area contributed by atoms with Crippen LogP contribution in [0.4, 0.5) is 18.9 Å². The monoisotopic (exact) mass is 389 g/mol. The van der Waals surface area contributed by atoms with Crippen LogP contribution in [0.5, 0.6) is 0 Å². The molecule has 142 valence electrons. The van der Waals surface area contributed by atoms with Crippen molar-refractivity contribution < 1.29 is 27.9 Å². The van der Waals surface area contributed by atoms with Crippen LogP contribution in [0, 0.1) is 11.8 Å². The van der Waals surface area contributed by atoms with E-state index in [9.17, 15) is 27.9 Å². The number of halogens is 3. The smallest absolute Gasteiger partial charge is 0.417 e. The number of amides is 1. The number of alkyl halides is 3. The van der Waals surface area contributed by atoms with E-state index in [0.717, 1.165) is 24.6 Å². The number of carbonyl (C=O) groups excluding carboxylic acids is 1. The van der Waals surface area contributed by atoms with Crippen LogP contribution in [-0.2, 0) is 6.18 Å². The van der Waals surface area contributed by atoms with Gasteiger partial charge in [0.25, 0.3) is 5.91 Å². The van der Waals surface area contributed by atoms with E-state index >= 15 is 0 Å². The van der Waals surface area contributed by atoms with Gasteiger partial charge in [0.15, 0.2) is 0 Å². The first-order valence-electron chi connectivity index (χ1n) is 7.96. The molecule has 2 unspecified atom stereocenters. The normalized spacial score (nSPS) is 21.7. The van der Waals surface area contributed by atoms with Crippen molar-refractivity contribution in [3.63, 3.8) is 0 Å². The minimum absolute atomic E-state index is 0.0290. The fraction of sp³-hybridized carbons (Fsp3) is 0.500. The molecular formula is C16H18F3N3O3S. The van der Waals surface area contributed by atoms with Crippen LogP contribution in [-0.4, -0.2) is 48.5 Å². The standard InChI is InChI=1S/C16H18F3N3O3S/c1-21(2)26-20-14(23)13-11(16(17,18)19)4-8(15(24)25)5-12(13)22-6-9-3-10(9)7-22/h4-5,9-10H,3,6-7H2,1-2H3,(H,20,23)(H,24,25). The molecule has 1 saturated heterocycles. The Kier molecular flexibility index (Phi) is 4.82. The molecule has 6 nitrogen and oxygen atoms in total. The van der Waals surface area contributed by atoms with Crippen LogP contribution in [0.1, 0.15) is 32.7 Å². The molecule has 2 aliphatic rings. The van der Waals surface area contributed by atoms with Crippen molar-refractivity contribution in [2.24, 2.45) is 11.8 Å². The van der Waals surface area contributed by atoms with Crippen LogP contribution in [0.2, 0.25) is 0 Å². The minimum Gasteiger partial charge on any atom is -0.478 e. The molecule has 0 aromatic heterocycles. The lowest BCUT2D eigenvalue weighted by Crippen LogP contribution is -2.30. The third kappa shape index (κ3) is 3.75. The number of aromatic carboxylic acids is 1. The number of piperidine rings is 1. The summed E-state index contributed by atoms with van der Waals surface area (Å²) in [5.74, 6) is -1.55. The van der Waals surface area contributed by atoms with E-state index in [2.05, 4.69) is 4.72 Å². The topological polar surface area (TPSA) is 72.9 Å². The van der Waals surface area contributed by atoms with E-state index < -0.39 is 34.7 Å². The highest BCUT2D eigenvalue weighted by Gasteiger charge is 2.47. The number of nitrogens with one attached hydrogen (secondary N) is 1. The summed E-state index contributed by atoms with van der Waals surface area (Å²) in [6, 6.07) is 1.69. The van der Waals surface area contributed by atoms with E-state index in [1.54, 1.807) is 19.0 Å². The van der Waals surface area contributed by atoms with Crippen LogP contribution in [0.3, 0.4) is 0 Å². The van der Waals surface area contributed by atoms with Gasteiger partial charge in [-0.15, -0.1) is 0 Å². The lowest BCUT2D eigenvalue weighted by molar-refractivity contribution is -0.137. The summed E-state index contributed by atoms with van der Waals surface area (Å²) in [5.41, 5.74) is -2.21. The largest absolute Gasteiger partial charge is 0.478 e. The maximum absolute atomic E-state index is 13.6. The Bertz CT molecular complexity index is 744. The predicted molar refractivity (Wildman–Crippen MR) is 91.0 cm³/mol. The Balaban J connectivity index is 2.10. The second-order valence-corrected chi connectivity index (χ2v) is 7.83. The van der Waals surface area contributed by atoms with E-state index in [1.165, 1.54) is 4.31 Å². The molecule has 1 aliphatic carbocycles. The number of hydrogen-bond donors (Lipinski definition) is 2. The molecule has 0 spiro atoms. The Morgan fingerprint density at radius 1 is 1.27 bits per heavy atom. The molecule has 1 aliphatic heterocycles. The fourth-order valence-corrected chi connectivity index (χ4v) is 3.61. The van der Waals surface area contributed by atoms with Gasteiger partial charge >= 0.3 is 12.1 Å². The zero-order valence-corrected chi connectivity index (χ0v) is 14.9. The summed E-state index contributed by atoms with van der Waals surface area (Å²) in [7, 11) is 3.27. The van der Waals surface area contributed by atoms with E-state index in [1.807, 2.05) is 0 Å². The van der Waals surface area contributed by atoms with Gasteiger partial charge in [-0.05, 0) is 44.5 Å². The Morgan fingerprint density at radius 2 is 1.88 bits per heavy atom. The summed E-state index contributed by atoms with van der Waals surface area (Å²) in [5, 5.41) is 9.21. The third-order valence-electron chi connectivity index (χ3n) is 4.54. The summed E-state index contributed by atoms with van der Waals surface area (Å²) < 4.78 is 44.7. The van der Waals surface area contributed by atoms with E-state index in [4.69, 9.17) is 0 Å². The Labute approximate surface area is 152 Å². The number of nitrogens with zero attached hydrogens (tertiary/aromatic N) is 2. The van der Waals surface area contributed by atoms with Gasteiger partial charge in [-0.25, -0.2) is 9.10 Å². The second-order valence-electron chi connectivity index (χ2n) is 6.72. The fourth-order valence-electron chi connectivity index (χ4n) is 3.24. The van der Waals surface area contributed by atoms with Gasteiger partial charge in [0.2, 0.25) is 0 Å². The second kappa shape index (κ2) is 6.66. The number of carbonyl (C=O) groups is 2. The first kappa shape index (κ1) is 18.8. The molecular weight excluding hydrogens is 371 g/mol. The van der Waals surface area contributed by atoms with Crippen molar-refractivity contribution in [3.8, 4) is 0 Å². The summed E-state index contributed by atoms with van der Waals surface area (Å²) in [6.07, 6.45) is -3.82. The average Bonchev–Trinajstić information content (AvgIpc) is 3.16. The highest BCUT2D eigenvalue weighted by Crippen LogP contribution is 2.48. The maximum atomic E-state index is 13.6. The van der Waals surface area contributed by atoms with Gasteiger partial charge in [0, 0.05) is 25.2 Å². The summed E-state index contributed by atoms with van der Waals surface area (Å²) in [6.45, 7) is 1.07. The number of carboxylic acid groups (broad SMARTS) is 1. The SMILES string of the molecule is CN(C)SNC(=O)c1c(N2CC3CC3C2)cc(C(=O)O)cc1C(F)(F)F. The van der Waals surface area contributed by atoms with Gasteiger partial charge in [0.1, 0.15) is 0 Å². The van der Waals surface area contributed by atoms with Crippen LogP contribution in [0.25, 0.3) is 0 Å². The molecule has 1 saturated carbocycles. The van der Waals surface area contributed by atoms with Gasteiger partial charge < -0.3 is 10.0 Å². The third-order valence-corrected chi connectivity index (χ3v) is 5.18. The number of fused-ring (bicyclic) bond motifs is 1. The number of hydrogen-bond acceptors (Lipinski definition) is 5. The lowest BCUT2D eigenvalue weighted by Gasteiger charge is -2.26. The van der Waals surface area contributed by atoms with Crippen LogP contribution in [0.15, 0.2) is 12.1 Å². The van der Waals surface area contributed by atoms with Crippen molar-refractivity contribution in [2.75, 3.05) is 32.1 Å². The van der Waals surface area contributed by atoms with Gasteiger partial charge in [-0.3, -0.25) is 9.52 Å². The van der Waals surface area contributed by atoms with E-state index in [-0.39, 0.29) is 5.69 Å². The van der Waals surface area contributed by atoms with Crippen molar-refractivity contribution in [2.45, 2.75) is 12.6 Å². The van der Waals surface area contributed by atoms with Gasteiger partial charge in [0.05, 0.1) is 22.4 Å². The van der Waals surface area contributed by atoms with Gasteiger partial charge in [-0.1, -0.05) is 0 Å². The number of benzene rings is 1. The Hall–Kier alpha value is -1.94. The molecule has 3 rings (SSSR count). The van der Waals surface area contributed by atoms with Crippen molar-refractivity contribution in [1.82, 2.24) is 9.03 Å². The quantitative estimate of drug-likeness (QED) is 0.755. The van der Waals surface area contributed by atoms with Crippen molar-refractivity contribution in [1.29, 1.82) is 0 Å². The molecule has 1 aromatic rings. The molecule has 26 heavy (non-hydrogen) atoms. The lowest BCUT2D eigenvalue weighted by atomic mass is 9.99. The first-order chi connectivity index (χ1) is 12.1. The molecule has 1 aromatic carbocycles. The molecule has 1 amide bonds. The van der Waals surface area contributed by atoms with E-state index in [0.29, 0.717) is 31.0 Å². The minimum atomic E-state index is -4.85. The molecule has 10 heteroatoms. The van der Waals surface area contributed by atoms with Crippen molar-refractivity contribution >= 4 is 29.7 Å². The molecule has 2 N–H and O–H groups in total. The average molecular weight is 389 g/mol. The zero-order valence-electron chi connectivity index (χ0n) is 14.1. The maximum Gasteiger partial charge on any atom is 0.417 e. The van der Waals surface area contributed by atoms with Gasteiger partial charge in [-0.2, -0.15) is 13.2 Å². The molecule has 0 bridgehead atoms. The van der Waals surface area contributed by atoms with Crippen molar-refractivity contribution in [3.05, 3.63) is 28.8 Å². The highest BCUT2D eigenvalue weighted by molar-refractivity contribution is 7.95.